The van der Waals surface area contributed by atoms with E-state index in [4.69, 9.17) is 5.73 Å². The lowest BCUT2D eigenvalue weighted by molar-refractivity contribution is -0.132. The van der Waals surface area contributed by atoms with Gasteiger partial charge in [0.05, 0.1) is 6.04 Å². The zero-order valence-corrected chi connectivity index (χ0v) is 12.0. The maximum atomic E-state index is 12.0. The summed E-state index contributed by atoms with van der Waals surface area (Å²) in [5.41, 5.74) is 5.96. The molecule has 0 aliphatic carbocycles. The van der Waals surface area contributed by atoms with Gasteiger partial charge in [-0.1, -0.05) is 27.7 Å². The highest BCUT2D eigenvalue weighted by Gasteiger charge is 2.26. The quantitative estimate of drug-likeness (QED) is 0.570. The van der Waals surface area contributed by atoms with Crippen LogP contribution in [0.3, 0.4) is 0 Å². The molecule has 0 aromatic heterocycles. The summed E-state index contributed by atoms with van der Waals surface area (Å²) in [6.07, 6.45) is 0.555. The fraction of sp³-hybridized carbons (Fsp3) is 0.846. The van der Waals surface area contributed by atoms with Gasteiger partial charge < -0.3 is 10.6 Å². The molecule has 0 spiro atoms. The predicted molar refractivity (Wildman–Crippen MR) is 73.0 cm³/mol. The van der Waals surface area contributed by atoms with Gasteiger partial charge in [-0.2, -0.15) is 0 Å². The minimum absolute atomic E-state index is 0.0961. The molecule has 0 aromatic carbocycles. The molecule has 0 saturated heterocycles. The molecule has 4 heteroatoms. The standard InChI is InChI=1S/C13H27N3O/c1-7-15-13(14)12(10(4)5)16(6)11(17)8-9(2)3/h9-10,12H,7-8H2,1-6H3,(H2,14,15)/t12-/m0/s1. The van der Waals surface area contributed by atoms with Crippen LogP contribution in [0.1, 0.15) is 41.0 Å². The Kier molecular flexibility index (Phi) is 6.85. The Balaban J connectivity index is 4.83. The smallest absolute Gasteiger partial charge is 0.223 e. The van der Waals surface area contributed by atoms with E-state index >= 15 is 0 Å². The number of nitrogens with two attached hydrogens (primary N) is 1. The van der Waals surface area contributed by atoms with Gasteiger partial charge in [-0.15, -0.1) is 0 Å². The number of nitrogens with zero attached hydrogens (tertiary/aromatic N) is 2. The molecule has 0 fully saturated rings. The SMILES string of the molecule is CCN=C(N)[C@H](C(C)C)N(C)C(=O)CC(C)C. The monoisotopic (exact) mass is 241 g/mol. The van der Waals surface area contributed by atoms with E-state index in [1.165, 1.54) is 0 Å². The second kappa shape index (κ2) is 7.30. The number of aliphatic imine (C=N–C) groups is 1. The lowest BCUT2D eigenvalue weighted by Gasteiger charge is -2.31. The molecular weight excluding hydrogens is 214 g/mol. The number of amidine groups is 1. The Morgan fingerprint density at radius 2 is 1.82 bits per heavy atom. The van der Waals surface area contributed by atoms with Crippen molar-refractivity contribution in [2.24, 2.45) is 22.6 Å². The predicted octanol–water partition coefficient (Wildman–Crippen LogP) is 1.89. The number of hydrogen-bond acceptors (Lipinski definition) is 2. The molecule has 0 aromatic rings. The first-order valence-corrected chi connectivity index (χ1v) is 6.36. The first kappa shape index (κ1) is 15.9. The molecule has 0 aliphatic heterocycles. The van der Waals surface area contributed by atoms with Crippen LogP contribution in [0.5, 0.6) is 0 Å². The molecule has 0 aliphatic rings. The molecule has 4 nitrogen and oxygen atoms in total. The Labute approximate surface area is 105 Å². The van der Waals surface area contributed by atoms with Crippen LogP contribution in [0.2, 0.25) is 0 Å². The first-order valence-electron chi connectivity index (χ1n) is 6.36. The van der Waals surface area contributed by atoms with Gasteiger partial charge in [0.25, 0.3) is 0 Å². The van der Waals surface area contributed by atoms with Crippen LogP contribution < -0.4 is 5.73 Å². The summed E-state index contributed by atoms with van der Waals surface area (Å²) in [4.78, 5) is 18.0. The molecule has 0 rings (SSSR count). The van der Waals surface area contributed by atoms with Crippen LogP contribution >= 0.6 is 0 Å². The second-order valence-corrected chi connectivity index (χ2v) is 5.19. The molecular formula is C13H27N3O. The van der Waals surface area contributed by atoms with E-state index in [1.54, 1.807) is 4.90 Å². The normalized spacial score (nSPS) is 14.2. The van der Waals surface area contributed by atoms with E-state index in [0.29, 0.717) is 24.7 Å². The maximum Gasteiger partial charge on any atom is 0.223 e. The third-order valence-electron chi connectivity index (χ3n) is 2.67. The highest BCUT2D eigenvalue weighted by Crippen LogP contribution is 2.13. The van der Waals surface area contributed by atoms with Gasteiger partial charge in [0.15, 0.2) is 0 Å². The summed E-state index contributed by atoms with van der Waals surface area (Å²) >= 11 is 0. The van der Waals surface area contributed by atoms with Crippen LogP contribution in [0, 0.1) is 11.8 Å². The minimum atomic E-state index is -0.0961. The molecule has 2 N–H and O–H groups in total. The van der Waals surface area contributed by atoms with E-state index in [0.717, 1.165) is 0 Å². The number of hydrogen-bond donors (Lipinski definition) is 1. The number of rotatable bonds is 6. The zero-order valence-electron chi connectivity index (χ0n) is 12.0. The van der Waals surface area contributed by atoms with E-state index in [9.17, 15) is 4.79 Å². The van der Waals surface area contributed by atoms with Crippen molar-refractivity contribution in [3.63, 3.8) is 0 Å². The van der Waals surface area contributed by atoms with E-state index < -0.39 is 0 Å². The van der Waals surface area contributed by atoms with Crippen molar-refractivity contribution < 1.29 is 4.79 Å². The average Bonchev–Trinajstić information content (AvgIpc) is 2.16. The molecule has 0 heterocycles. The van der Waals surface area contributed by atoms with Crippen molar-refractivity contribution in [1.82, 2.24) is 4.90 Å². The summed E-state index contributed by atoms with van der Waals surface area (Å²) in [7, 11) is 1.81. The first-order chi connectivity index (χ1) is 7.81. The molecule has 0 unspecified atom stereocenters. The van der Waals surface area contributed by atoms with Crippen molar-refractivity contribution in [3.8, 4) is 0 Å². The largest absolute Gasteiger partial charge is 0.386 e. The molecule has 17 heavy (non-hydrogen) atoms. The molecule has 0 radical (unpaired) electrons. The molecule has 100 valence electrons. The maximum absolute atomic E-state index is 12.0. The van der Waals surface area contributed by atoms with Gasteiger partial charge in [0.1, 0.15) is 5.84 Å². The minimum Gasteiger partial charge on any atom is -0.386 e. The van der Waals surface area contributed by atoms with E-state index in [-0.39, 0.29) is 17.9 Å². The Bertz CT molecular complexity index is 272. The third kappa shape index (κ3) is 5.20. The fourth-order valence-corrected chi connectivity index (χ4v) is 1.91. The highest BCUT2D eigenvalue weighted by molar-refractivity contribution is 5.90. The van der Waals surface area contributed by atoms with Crippen LogP contribution in [0.25, 0.3) is 0 Å². The third-order valence-corrected chi connectivity index (χ3v) is 2.67. The number of likely N-dealkylation sites (N-methyl/N-ethyl adjacent to an activating group) is 1. The summed E-state index contributed by atoms with van der Waals surface area (Å²) in [5, 5.41) is 0. The van der Waals surface area contributed by atoms with E-state index in [1.807, 2.05) is 27.8 Å². The molecule has 0 saturated carbocycles. The fourth-order valence-electron chi connectivity index (χ4n) is 1.91. The number of carbonyl (C=O) groups excluding carboxylic acids is 1. The molecule has 1 amide bonds. The Morgan fingerprint density at radius 1 is 1.29 bits per heavy atom. The zero-order chi connectivity index (χ0) is 13.6. The van der Waals surface area contributed by atoms with Gasteiger partial charge in [0, 0.05) is 20.0 Å². The second-order valence-electron chi connectivity index (χ2n) is 5.19. The van der Waals surface area contributed by atoms with Crippen molar-refractivity contribution in [1.29, 1.82) is 0 Å². The van der Waals surface area contributed by atoms with Gasteiger partial charge in [-0.25, -0.2) is 0 Å². The lowest BCUT2D eigenvalue weighted by Crippen LogP contribution is -2.49. The summed E-state index contributed by atoms with van der Waals surface area (Å²) in [6.45, 7) is 10.8. The average molecular weight is 241 g/mol. The van der Waals surface area contributed by atoms with Crippen molar-refractivity contribution in [2.75, 3.05) is 13.6 Å². The van der Waals surface area contributed by atoms with Gasteiger partial charge in [0.2, 0.25) is 5.91 Å². The van der Waals surface area contributed by atoms with Gasteiger partial charge in [-0.05, 0) is 18.8 Å². The van der Waals surface area contributed by atoms with Crippen LogP contribution in [0.4, 0.5) is 0 Å². The topological polar surface area (TPSA) is 58.7 Å². The van der Waals surface area contributed by atoms with Gasteiger partial charge >= 0.3 is 0 Å². The summed E-state index contributed by atoms with van der Waals surface area (Å²) < 4.78 is 0. The molecule has 0 bridgehead atoms. The van der Waals surface area contributed by atoms with Crippen LogP contribution in [0.15, 0.2) is 4.99 Å². The van der Waals surface area contributed by atoms with Crippen molar-refractivity contribution in [3.05, 3.63) is 0 Å². The van der Waals surface area contributed by atoms with Crippen molar-refractivity contribution in [2.45, 2.75) is 47.1 Å². The summed E-state index contributed by atoms with van der Waals surface area (Å²) in [5.74, 6) is 1.32. The number of amides is 1. The lowest BCUT2D eigenvalue weighted by atomic mass is 10.0. The van der Waals surface area contributed by atoms with E-state index in [2.05, 4.69) is 18.8 Å². The van der Waals surface area contributed by atoms with Crippen LogP contribution in [-0.2, 0) is 4.79 Å². The summed E-state index contributed by atoms with van der Waals surface area (Å²) in [6, 6.07) is -0.0961. The highest BCUT2D eigenvalue weighted by atomic mass is 16.2. The molecule has 1 atom stereocenters. The number of carbonyl (C=O) groups is 1. The Morgan fingerprint density at radius 3 is 2.18 bits per heavy atom. The Hall–Kier alpha value is -1.06. The van der Waals surface area contributed by atoms with Crippen molar-refractivity contribution >= 4 is 11.7 Å². The van der Waals surface area contributed by atoms with Crippen LogP contribution in [-0.4, -0.2) is 36.3 Å². The van der Waals surface area contributed by atoms with Gasteiger partial charge in [-0.3, -0.25) is 9.79 Å².